The van der Waals surface area contributed by atoms with Gasteiger partial charge >= 0.3 is 0 Å². The Morgan fingerprint density at radius 2 is 2.33 bits per heavy atom. The molecular weight excluding hydrogens is 172 g/mol. The van der Waals surface area contributed by atoms with Crippen LogP contribution in [0, 0.1) is 11.8 Å². The molecule has 1 aliphatic rings. The van der Waals surface area contributed by atoms with Crippen molar-refractivity contribution in [1.29, 1.82) is 0 Å². The zero-order valence-corrected chi connectivity index (χ0v) is 8.23. The quantitative estimate of drug-likeness (QED) is 0.648. The van der Waals surface area contributed by atoms with Crippen molar-refractivity contribution in [1.82, 2.24) is 0 Å². The van der Waals surface area contributed by atoms with Crippen LogP contribution in [0.5, 0.6) is 0 Å². The molecule has 0 spiro atoms. The van der Waals surface area contributed by atoms with Crippen LogP contribution in [0.1, 0.15) is 32.6 Å². The number of carbonyl (C=O) groups is 1. The van der Waals surface area contributed by atoms with E-state index in [-0.39, 0.29) is 11.8 Å². The summed E-state index contributed by atoms with van der Waals surface area (Å²) in [6.07, 6.45) is 3.87. The van der Waals surface area contributed by atoms with Gasteiger partial charge in [0.1, 0.15) is 5.78 Å². The molecule has 0 bridgehead atoms. The van der Waals surface area contributed by atoms with Crippen LogP contribution < -0.4 is 0 Å². The van der Waals surface area contributed by atoms with E-state index in [1.807, 2.05) is 6.92 Å². The van der Waals surface area contributed by atoms with Crippen molar-refractivity contribution in [2.75, 3.05) is 0 Å². The van der Waals surface area contributed by atoms with Crippen LogP contribution in [-0.4, -0.2) is 5.78 Å². The standard InChI is InChI=1S/C10H15ClO/c1-7-4-3-5-9(10(7)12)6-8(2)11/h7,9H,2-6H2,1H3. The molecule has 1 saturated carbocycles. The molecule has 2 heteroatoms. The third-order valence-corrected chi connectivity index (χ3v) is 2.70. The van der Waals surface area contributed by atoms with Crippen LogP contribution in [0.2, 0.25) is 0 Å². The predicted octanol–water partition coefficient (Wildman–Crippen LogP) is 3.13. The first kappa shape index (κ1) is 9.79. The number of allylic oxidation sites excluding steroid dienone is 1. The topological polar surface area (TPSA) is 17.1 Å². The van der Waals surface area contributed by atoms with Crippen LogP contribution in [0.4, 0.5) is 0 Å². The van der Waals surface area contributed by atoms with Crippen molar-refractivity contribution in [3.05, 3.63) is 11.6 Å². The van der Waals surface area contributed by atoms with Gasteiger partial charge in [-0.2, -0.15) is 0 Å². The van der Waals surface area contributed by atoms with E-state index in [1.54, 1.807) is 0 Å². The second-order valence-electron chi connectivity index (χ2n) is 3.65. The summed E-state index contributed by atoms with van der Waals surface area (Å²) in [4.78, 5) is 11.6. The lowest BCUT2D eigenvalue weighted by atomic mass is 9.79. The van der Waals surface area contributed by atoms with Gasteiger partial charge in [0.25, 0.3) is 0 Å². The molecular formula is C10H15ClO. The van der Waals surface area contributed by atoms with E-state index in [4.69, 9.17) is 11.6 Å². The zero-order valence-electron chi connectivity index (χ0n) is 7.48. The van der Waals surface area contributed by atoms with E-state index < -0.39 is 0 Å². The fourth-order valence-electron chi connectivity index (χ4n) is 1.83. The summed E-state index contributed by atoms with van der Waals surface area (Å²) in [7, 11) is 0. The molecule has 0 aromatic heterocycles. The number of halogens is 1. The summed E-state index contributed by atoms with van der Waals surface area (Å²) in [5, 5.41) is 0.613. The largest absolute Gasteiger partial charge is 0.299 e. The molecule has 68 valence electrons. The third kappa shape index (κ3) is 2.34. The first-order chi connectivity index (χ1) is 5.61. The van der Waals surface area contributed by atoms with Crippen molar-refractivity contribution in [3.63, 3.8) is 0 Å². The van der Waals surface area contributed by atoms with Crippen LogP contribution in [0.3, 0.4) is 0 Å². The van der Waals surface area contributed by atoms with Gasteiger partial charge in [0.15, 0.2) is 0 Å². The molecule has 0 N–H and O–H groups in total. The predicted molar refractivity (Wildman–Crippen MR) is 51.1 cm³/mol. The summed E-state index contributed by atoms with van der Waals surface area (Å²) in [6, 6.07) is 0. The maximum Gasteiger partial charge on any atom is 0.139 e. The van der Waals surface area contributed by atoms with E-state index in [0.29, 0.717) is 17.2 Å². The number of hydrogen-bond donors (Lipinski definition) is 0. The fourth-order valence-corrected chi connectivity index (χ4v) is 2.01. The van der Waals surface area contributed by atoms with Crippen LogP contribution in [-0.2, 0) is 4.79 Å². The highest BCUT2D eigenvalue weighted by Gasteiger charge is 2.27. The molecule has 0 aromatic rings. The first-order valence-corrected chi connectivity index (χ1v) is 4.86. The van der Waals surface area contributed by atoms with E-state index in [1.165, 1.54) is 0 Å². The highest BCUT2D eigenvalue weighted by atomic mass is 35.5. The minimum Gasteiger partial charge on any atom is -0.299 e. The van der Waals surface area contributed by atoms with Crippen LogP contribution in [0.25, 0.3) is 0 Å². The van der Waals surface area contributed by atoms with Gasteiger partial charge in [0, 0.05) is 16.9 Å². The molecule has 1 aliphatic carbocycles. The van der Waals surface area contributed by atoms with Crippen molar-refractivity contribution in [2.45, 2.75) is 32.6 Å². The Labute approximate surface area is 78.8 Å². The molecule has 12 heavy (non-hydrogen) atoms. The Bertz CT molecular complexity index is 198. The van der Waals surface area contributed by atoms with E-state index in [9.17, 15) is 4.79 Å². The van der Waals surface area contributed by atoms with Gasteiger partial charge < -0.3 is 0 Å². The second kappa shape index (κ2) is 4.08. The molecule has 1 nitrogen and oxygen atoms in total. The maximum atomic E-state index is 11.6. The zero-order chi connectivity index (χ0) is 9.14. The third-order valence-electron chi connectivity index (χ3n) is 2.55. The second-order valence-corrected chi connectivity index (χ2v) is 4.19. The van der Waals surface area contributed by atoms with Gasteiger partial charge in [0.2, 0.25) is 0 Å². The van der Waals surface area contributed by atoms with Crippen molar-refractivity contribution in [3.8, 4) is 0 Å². The number of carbonyl (C=O) groups excluding carboxylic acids is 1. The Hall–Kier alpha value is -0.300. The van der Waals surface area contributed by atoms with Crippen molar-refractivity contribution >= 4 is 17.4 Å². The molecule has 0 aromatic carbocycles. The van der Waals surface area contributed by atoms with Crippen LogP contribution >= 0.6 is 11.6 Å². The average molecular weight is 187 g/mol. The van der Waals surface area contributed by atoms with Gasteiger partial charge in [-0.15, -0.1) is 0 Å². The average Bonchev–Trinajstić information content (AvgIpc) is 1.98. The van der Waals surface area contributed by atoms with E-state index >= 15 is 0 Å². The lowest BCUT2D eigenvalue weighted by Crippen LogP contribution is -2.26. The fraction of sp³-hybridized carbons (Fsp3) is 0.700. The maximum absolute atomic E-state index is 11.6. The Morgan fingerprint density at radius 1 is 1.67 bits per heavy atom. The lowest BCUT2D eigenvalue weighted by molar-refractivity contribution is -0.128. The molecule has 2 atom stereocenters. The molecule has 2 unspecified atom stereocenters. The number of ketones is 1. The summed E-state index contributed by atoms with van der Waals surface area (Å²) in [6.45, 7) is 5.63. The smallest absolute Gasteiger partial charge is 0.139 e. The Balaban J connectivity index is 2.52. The summed E-state index contributed by atoms with van der Waals surface area (Å²) in [5.41, 5.74) is 0. The van der Waals surface area contributed by atoms with E-state index in [2.05, 4.69) is 6.58 Å². The van der Waals surface area contributed by atoms with Gasteiger partial charge in [-0.25, -0.2) is 0 Å². The number of Topliss-reactive ketones (excluding diaryl/α,β-unsaturated/α-hetero) is 1. The SMILES string of the molecule is C=C(Cl)CC1CCCC(C)C1=O. The van der Waals surface area contributed by atoms with Gasteiger partial charge in [-0.1, -0.05) is 31.5 Å². The first-order valence-electron chi connectivity index (χ1n) is 4.48. The summed E-state index contributed by atoms with van der Waals surface area (Å²) >= 11 is 5.68. The normalized spacial score (nSPS) is 30.3. The lowest BCUT2D eigenvalue weighted by Gasteiger charge is -2.24. The minimum atomic E-state index is 0.152. The van der Waals surface area contributed by atoms with Crippen LogP contribution in [0.15, 0.2) is 11.6 Å². The molecule has 0 saturated heterocycles. The molecule has 0 aliphatic heterocycles. The molecule has 0 radical (unpaired) electrons. The number of rotatable bonds is 2. The Kier molecular flexibility index (Phi) is 3.33. The summed E-state index contributed by atoms with van der Waals surface area (Å²) in [5.74, 6) is 0.765. The highest BCUT2D eigenvalue weighted by molar-refractivity contribution is 6.29. The monoisotopic (exact) mass is 186 g/mol. The highest BCUT2D eigenvalue weighted by Crippen LogP contribution is 2.30. The van der Waals surface area contributed by atoms with Gasteiger partial charge in [0.05, 0.1) is 0 Å². The van der Waals surface area contributed by atoms with Crippen molar-refractivity contribution < 1.29 is 4.79 Å². The molecule has 1 rings (SSSR count). The molecule has 0 heterocycles. The van der Waals surface area contributed by atoms with E-state index in [0.717, 1.165) is 19.3 Å². The summed E-state index contributed by atoms with van der Waals surface area (Å²) < 4.78 is 0. The Morgan fingerprint density at radius 3 is 2.92 bits per heavy atom. The van der Waals surface area contributed by atoms with Gasteiger partial charge in [-0.3, -0.25) is 4.79 Å². The van der Waals surface area contributed by atoms with Crippen molar-refractivity contribution in [2.24, 2.45) is 11.8 Å². The molecule has 1 fully saturated rings. The molecule has 0 amide bonds. The van der Waals surface area contributed by atoms with Gasteiger partial charge in [-0.05, 0) is 19.3 Å². The minimum absolute atomic E-state index is 0.152. The number of hydrogen-bond acceptors (Lipinski definition) is 1.